The Balaban J connectivity index is 1.50. The molecule has 3 aromatic rings. The van der Waals surface area contributed by atoms with Crippen molar-refractivity contribution in [1.29, 1.82) is 0 Å². The minimum atomic E-state index is -3.71. The molecule has 0 unspecified atom stereocenters. The summed E-state index contributed by atoms with van der Waals surface area (Å²) < 4.78 is 27.4. The van der Waals surface area contributed by atoms with Crippen molar-refractivity contribution in [2.75, 3.05) is 16.2 Å². The van der Waals surface area contributed by atoms with E-state index in [1.807, 2.05) is 18.2 Å². The van der Waals surface area contributed by atoms with E-state index < -0.39 is 20.9 Å². The molecule has 1 aliphatic rings. The van der Waals surface area contributed by atoms with Gasteiger partial charge < -0.3 is 5.32 Å². The number of sulfonamides is 1. The van der Waals surface area contributed by atoms with E-state index >= 15 is 0 Å². The molecule has 0 fully saturated rings. The van der Waals surface area contributed by atoms with Crippen LogP contribution in [-0.4, -0.2) is 25.8 Å². The molecule has 1 heterocycles. The van der Waals surface area contributed by atoms with Gasteiger partial charge in [0.2, 0.25) is 0 Å². The zero-order valence-corrected chi connectivity index (χ0v) is 16.5. The third-order valence-corrected chi connectivity index (χ3v) is 6.71. The van der Waals surface area contributed by atoms with Gasteiger partial charge in [-0.1, -0.05) is 18.2 Å². The van der Waals surface area contributed by atoms with Crippen LogP contribution in [0.1, 0.15) is 15.9 Å². The fourth-order valence-corrected chi connectivity index (χ4v) is 4.84. The van der Waals surface area contributed by atoms with Crippen LogP contribution >= 0.6 is 0 Å². The third-order valence-electron chi connectivity index (χ3n) is 4.89. The highest BCUT2D eigenvalue weighted by Crippen LogP contribution is 2.32. The second-order valence-electron chi connectivity index (χ2n) is 6.74. The lowest BCUT2D eigenvalue weighted by Crippen LogP contribution is -2.29. The van der Waals surface area contributed by atoms with Crippen molar-refractivity contribution in [2.24, 2.45) is 0 Å². The molecule has 3 aromatic carbocycles. The Hall–Kier alpha value is -3.72. The Morgan fingerprint density at radius 2 is 1.63 bits per heavy atom. The SMILES string of the molecule is O=C(Nc1ccc(S(=O)(=O)N2CCc3ccccc32)cc1)c1ccc([N+](=O)[O-])cc1. The minimum absolute atomic E-state index is 0.107. The zero-order chi connectivity index (χ0) is 21.3. The predicted molar refractivity (Wildman–Crippen MR) is 112 cm³/mol. The lowest BCUT2D eigenvalue weighted by atomic mass is 10.2. The molecule has 0 saturated heterocycles. The molecule has 0 radical (unpaired) electrons. The summed E-state index contributed by atoms with van der Waals surface area (Å²) in [6.45, 7) is 0.389. The fourth-order valence-electron chi connectivity index (χ4n) is 3.33. The van der Waals surface area contributed by atoms with Crippen LogP contribution in [0.5, 0.6) is 0 Å². The summed E-state index contributed by atoms with van der Waals surface area (Å²) in [7, 11) is -3.71. The van der Waals surface area contributed by atoms with E-state index in [0.717, 1.165) is 5.56 Å². The maximum Gasteiger partial charge on any atom is 0.269 e. The highest BCUT2D eigenvalue weighted by molar-refractivity contribution is 7.92. The predicted octanol–water partition coefficient (Wildman–Crippen LogP) is 3.60. The van der Waals surface area contributed by atoms with Crippen LogP contribution < -0.4 is 9.62 Å². The van der Waals surface area contributed by atoms with Crippen LogP contribution in [0.15, 0.2) is 77.7 Å². The number of rotatable bonds is 5. The van der Waals surface area contributed by atoms with Crippen molar-refractivity contribution in [2.45, 2.75) is 11.3 Å². The molecule has 0 bridgehead atoms. The van der Waals surface area contributed by atoms with Gasteiger partial charge in [-0.2, -0.15) is 0 Å². The van der Waals surface area contributed by atoms with Crippen molar-refractivity contribution >= 4 is 33.0 Å². The molecule has 0 saturated carbocycles. The number of non-ortho nitro benzene ring substituents is 1. The number of nitro groups is 1. The molecule has 30 heavy (non-hydrogen) atoms. The lowest BCUT2D eigenvalue weighted by Gasteiger charge is -2.19. The summed E-state index contributed by atoms with van der Waals surface area (Å²) in [4.78, 5) is 22.6. The zero-order valence-electron chi connectivity index (χ0n) is 15.7. The second-order valence-corrected chi connectivity index (χ2v) is 8.60. The van der Waals surface area contributed by atoms with Gasteiger partial charge in [-0.05, 0) is 54.4 Å². The molecule has 8 nitrogen and oxygen atoms in total. The van der Waals surface area contributed by atoms with Gasteiger partial charge in [0.15, 0.2) is 0 Å². The number of nitrogens with one attached hydrogen (secondary N) is 1. The number of nitro benzene ring substituents is 1. The first-order valence-electron chi connectivity index (χ1n) is 9.13. The van der Waals surface area contributed by atoms with Crippen molar-refractivity contribution < 1.29 is 18.1 Å². The summed E-state index contributed by atoms with van der Waals surface area (Å²) in [5.74, 6) is -0.450. The summed E-state index contributed by atoms with van der Waals surface area (Å²) in [5, 5.41) is 13.4. The molecule has 1 N–H and O–H groups in total. The first-order valence-corrected chi connectivity index (χ1v) is 10.6. The molecular formula is C21H17N3O5S. The molecule has 0 aliphatic carbocycles. The molecule has 0 spiro atoms. The summed E-state index contributed by atoms with van der Waals surface area (Å²) in [6, 6.07) is 18.5. The number of benzene rings is 3. The van der Waals surface area contributed by atoms with Gasteiger partial charge in [0, 0.05) is 29.9 Å². The van der Waals surface area contributed by atoms with Crippen LogP contribution in [0.2, 0.25) is 0 Å². The number of anilines is 2. The average molecular weight is 423 g/mol. The van der Waals surface area contributed by atoms with E-state index in [-0.39, 0.29) is 16.1 Å². The van der Waals surface area contributed by atoms with E-state index in [4.69, 9.17) is 0 Å². The minimum Gasteiger partial charge on any atom is -0.322 e. The Labute approximate surface area is 173 Å². The number of hydrogen-bond donors (Lipinski definition) is 1. The Kier molecular flexibility index (Phi) is 4.96. The maximum absolute atomic E-state index is 13.0. The van der Waals surface area contributed by atoms with Gasteiger partial charge in [0.25, 0.3) is 21.6 Å². The number of hydrogen-bond acceptors (Lipinski definition) is 5. The topological polar surface area (TPSA) is 110 Å². The largest absolute Gasteiger partial charge is 0.322 e. The quantitative estimate of drug-likeness (QED) is 0.498. The summed E-state index contributed by atoms with van der Waals surface area (Å²) in [6.07, 6.45) is 0.665. The standard InChI is InChI=1S/C21H17N3O5S/c25-21(16-5-9-18(10-6-16)24(26)27)22-17-7-11-19(12-8-17)30(28,29)23-14-13-15-3-1-2-4-20(15)23/h1-12H,13-14H2,(H,22,25). The molecule has 1 amide bonds. The van der Waals surface area contributed by atoms with Crippen LogP contribution in [-0.2, 0) is 16.4 Å². The van der Waals surface area contributed by atoms with Crippen LogP contribution in [0.3, 0.4) is 0 Å². The maximum atomic E-state index is 13.0. The van der Waals surface area contributed by atoms with Gasteiger partial charge in [-0.25, -0.2) is 8.42 Å². The van der Waals surface area contributed by atoms with E-state index in [9.17, 15) is 23.3 Å². The van der Waals surface area contributed by atoms with Crippen molar-refractivity contribution in [3.63, 3.8) is 0 Å². The first kappa shape index (κ1) is 19.6. The van der Waals surface area contributed by atoms with Crippen molar-refractivity contribution in [3.8, 4) is 0 Å². The first-order chi connectivity index (χ1) is 14.4. The van der Waals surface area contributed by atoms with E-state index in [2.05, 4.69) is 5.32 Å². The van der Waals surface area contributed by atoms with Crippen LogP contribution in [0.4, 0.5) is 17.1 Å². The van der Waals surface area contributed by atoms with Gasteiger partial charge in [-0.15, -0.1) is 0 Å². The van der Waals surface area contributed by atoms with Gasteiger partial charge in [-0.3, -0.25) is 19.2 Å². The Morgan fingerprint density at radius 1 is 0.967 bits per heavy atom. The average Bonchev–Trinajstić information content (AvgIpc) is 3.19. The van der Waals surface area contributed by atoms with Crippen LogP contribution in [0.25, 0.3) is 0 Å². The number of carbonyl (C=O) groups excluding carboxylic acids is 1. The van der Waals surface area contributed by atoms with E-state index in [0.29, 0.717) is 24.3 Å². The molecule has 9 heteroatoms. The highest BCUT2D eigenvalue weighted by Gasteiger charge is 2.30. The van der Waals surface area contributed by atoms with E-state index in [1.165, 1.54) is 52.8 Å². The smallest absolute Gasteiger partial charge is 0.269 e. The van der Waals surface area contributed by atoms with Crippen LogP contribution in [0, 0.1) is 10.1 Å². The molecule has 0 aromatic heterocycles. The summed E-state index contributed by atoms with van der Waals surface area (Å²) in [5.41, 5.74) is 2.25. The van der Waals surface area contributed by atoms with Gasteiger partial charge in [0.05, 0.1) is 15.5 Å². The molecule has 152 valence electrons. The number of fused-ring (bicyclic) bond motifs is 1. The normalized spacial score (nSPS) is 13.0. The van der Waals surface area contributed by atoms with Crippen molar-refractivity contribution in [1.82, 2.24) is 0 Å². The monoisotopic (exact) mass is 423 g/mol. The second kappa shape index (κ2) is 7.60. The van der Waals surface area contributed by atoms with Crippen molar-refractivity contribution in [3.05, 3.63) is 94.0 Å². The molecule has 0 atom stereocenters. The number of amides is 1. The highest BCUT2D eigenvalue weighted by atomic mass is 32.2. The number of para-hydroxylation sites is 1. The van der Waals surface area contributed by atoms with Gasteiger partial charge in [0.1, 0.15) is 0 Å². The van der Waals surface area contributed by atoms with Gasteiger partial charge >= 0.3 is 0 Å². The number of nitrogens with zero attached hydrogens (tertiary/aromatic N) is 2. The molecular weight excluding hydrogens is 406 g/mol. The fraction of sp³-hybridized carbons (Fsp3) is 0.0952. The van der Waals surface area contributed by atoms with E-state index in [1.54, 1.807) is 6.07 Å². The molecule has 4 rings (SSSR count). The number of carbonyl (C=O) groups is 1. The summed E-state index contributed by atoms with van der Waals surface area (Å²) >= 11 is 0. The lowest BCUT2D eigenvalue weighted by molar-refractivity contribution is -0.384. The Bertz CT molecular complexity index is 1220. The third kappa shape index (κ3) is 3.62. The molecule has 1 aliphatic heterocycles. The Morgan fingerprint density at radius 3 is 2.30 bits per heavy atom.